The SMILES string of the molecule is Nc1nncc(CC2CCO2)c1S(=O)(=O)c1ccccc1. The lowest BCUT2D eigenvalue weighted by Crippen LogP contribution is -2.29. The van der Waals surface area contributed by atoms with Gasteiger partial charge >= 0.3 is 0 Å². The maximum atomic E-state index is 12.8. The van der Waals surface area contributed by atoms with E-state index in [0.29, 0.717) is 18.6 Å². The fraction of sp³-hybridized carbons (Fsp3) is 0.286. The summed E-state index contributed by atoms with van der Waals surface area (Å²) >= 11 is 0. The molecule has 1 saturated heterocycles. The van der Waals surface area contributed by atoms with Crippen LogP contribution in [0.3, 0.4) is 0 Å². The van der Waals surface area contributed by atoms with Crippen molar-refractivity contribution in [1.82, 2.24) is 10.2 Å². The highest BCUT2D eigenvalue weighted by atomic mass is 32.2. The van der Waals surface area contributed by atoms with E-state index in [1.807, 2.05) is 0 Å². The Bertz CT molecular complexity index is 743. The van der Waals surface area contributed by atoms with Crippen molar-refractivity contribution in [2.75, 3.05) is 12.3 Å². The number of aromatic nitrogens is 2. The van der Waals surface area contributed by atoms with E-state index in [1.165, 1.54) is 6.20 Å². The highest BCUT2D eigenvalue weighted by Crippen LogP contribution is 2.29. The third kappa shape index (κ3) is 2.62. The van der Waals surface area contributed by atoms with Crippen LogP contribution in [-0.4, -0.2) is 31.3 Å². The summed E-state index contributed by atoms with van der Waals surface area (Å²) in [6, 6.07) is 8.19. The molecule has 110 valence electrons. The number of benzene rings is 1. The van der Waals surface area contributed by atoms with E-state index >= 15 is 0 Å². The van der Waals surface area contributed by atoms with Gasteiger partial charge in [0.2, 0.25) is 9.84 Å². The first kappa shape index (κ1) is 14.0. The minimum atomic E-state index is -3.71. The predicted molar refractivity (Wildman–Crippen MR) is 76.4 cm³/mol. The number of anilines is 1. The van der Waals surface area contributed by atoms with Crippen molar-refractivity contribution >= 4 is 15.7 Å². The molecule has 0 amide bonds. The van der Waals surface area contributed by atoms with Crippen molar-refractivity contribution in [2.24, 2.45) is 0 Å². The Balaban J connectivity index is 2.08. The number of hydrogen-bond acceptors (Lipinski definition) is 6. The highest BCUT2D eigenvalue weighted by molar-refractivity contribution is 7.91. The lowest BCUT2D eigenvalue weighted by atomic mass is 10.0. The topological polar surface area (TPSA) is 95.2 Å². The Kier molecular flexibility index (Phi) is 3.60. The van der Waals surface area contributed by atoms with Gasteiger partial charge in [0.25, 0.3) is 0 Å². The molecule has 1 aromatic carbocycles. The van der Waals surface area contributed by atoms with E-state index in [-0.39, 0.29) is 21.7 Å². The van der Waals surface area contributed by atoms with Gasteiger partial charge in [0, 0.05) is 13.0 Å². The van der Waals surface area contributed by atoms with Crippen LogP contribution in [0.4, 0.5) is 5.82 Å². The van der Waals surface area contributed by atoms with Crippen LogP contribution < -0.4 is 5.73 Å². The quantitative estimate of drug-likeness (QED) is 0.912. The average molecular weight is 305 g/mol. The van der Waals surface area contributed by atoms with Crippen LogP contribution in [0, 0.1) is 0 Å². The number of rotatable bonds is 4. The summed E-state index contributed by atoms with van der Waals surface area (Å²) in [5.74, 6) is -0.0734. The smallest absolute Gasteiger partial charge is 0.210 e. The number of ether oxygens (including phenoxy) is 1. The van der Waals surface area contributed by atoms with Crippen molar-refractivity contribution in [3.8, 4) is 0 Å². The summed E-state index contributed by atoms with van der Waals surface area (Å²) < 4.78 is 30.9. The number of hydrogen-bond donors (Lipinski definition) is 1. The van der Waals surface area contributed by atoms with Gasteiger partial charge in [-0.3, -0.25) is 0 Å². The number of nitrogen functional groups attached to an aromatic ring is 1. The molecule has 21 heavy (non-hydrogen) atoms. The second-order valence-corrected chi connectivity index (χ2v) is 6.77. The zero-order valence-corrected chi connectivity index (χ0v) is 12.1. The molecule has 1 aliphatic rings. The van der Waals surface area contributed by atoms with Crippen LogP contribution in [-0.2, 0) is 21.0 Å². The summed E-state index contributed by atoms with van der Waals surface area (Å²) in [6.45, 7) is 0.708. The van der Waals surface area contributed by atoms with Gasteiger partial charge in [-0.15, -0.1) is 5.10 Å². The van der Waals surface area contributed by atoms with Crippen LogP contribution >= 0.6 is 0 Å². The summed E-state index contributed by atoms with van der Waals surface area (Å²) in [4.78, 5) is 0.236. The van der Waals surface area contributed by atoms with Gasteiger partial charge in [-0.25, -0.2) is 8.42 Å². The van der Waals surface area contributed by atoms with E-state index < -0.39 is 9.84 Å². The zero-order valence-electron chi connectivity index (χ0n) is 11.3. The molecule has 0 bridgehead atoms. The monoisotopic (exact) mass is 305 g/mol. The largest absolute Gasteiger partial charge is 0.381 e. The summed E-state index contributed by atoms with van der Waals surface area (Å²) in [7, 11) is -3.71. The first-order chi connectivity index (χ1) is 10.1. The third-order valence-corrected chi connectivity index (χ3v) is 5.37. The van der Waals surface area contributed by atoms with Gasteiger partial charge < -0.3 is 10.5 Å². The number of nitrogens with zero attached hydrogens (tertiary/aromatic N) is 2. The highest BCUT2D eigenvalue weighted by Gasteiger charge is 2.28. The van der Waals surface area contributed by atoms with Gasteiger partial charge in [0.05, 0.1) is 17.2 Å². The van der Waals surface area contributed by atoms with Gasteiger partial charge in [-0.05, 0) is 24.1 Å². The maximum Gasteiger partial charge on any atom is 0.210 e. The molecule has 1 unspecified atom stereocenters. The summed E-state index contributed by atoms with van der Waals surface area (Å²) in [5, 5.41) is 7.46. The second kappa shape index (κ2) is 5.42. The Morgan fingerprint density at radius 2 is 2.00 bits per heavy atom. The Morgan fingerprint density at radius 3 is 2.62 bits per heavy atom. The molecule has 1 fully saturated rings. The Morgan fingerprint density at radius 1 is 1.29 bits per heavy atom. The Labute approximate surface area is 122 Å². The number of nitrogens with two attached hydrogens (primary N) is 1. The molecule has 2 heterocycles. The molecular weight excluding hydrogens is 290 g/mol. The van der Waals surface area contributed by atoms with E-state index in [4.69, 9.17) is 10.5 Å². The third-order valence-electron chi connectivity index (χ3n) is 3.47. The molecule has 6 nitrogen and oxygen atoms in total. The van der Waals surface area contributed by atoms with Gasteiger partial charge in [0.15, 0.2) is 5.82 Å². The molecule has 3 rings (SSSR count). The van der Waals surface area contributed by atoms with Crippen molar-refractivity contribution in [2.45, 2.75) is 28.7 Å². The number of sulfone groups is 1. The molecule has 0 spiro atoms. The predicted octanol–water partition coefficient (Wildman–Crippen LogP) is 1.22. The molecule has 1 aromatic heterocycles. The van der Waals surface area contributed by atoms with Gasteiger partial charge in [-0.1, -0.05) is 18.2 Å². The van der Waals surface area contributed by atoms with Gasteiger partial charge in [-0.2, -0.15) is 5.10 Å². The molecule has 0 saturated carbocycles. The average Bonchev–Trinajstić information content (AvgIpc) is 2.43. The van der Waals surface area contributed by atoms with Crippen molar-refractivity contribution in [3.63, 3.8) is 0 Å². The molecule has 1 atom stereocenters. The first-order valence-electron chi connectivity index (χ1n) is 6.61. The normalized spacial score (nSPS) is 18.2. The van der Waals surface area contributed by atoms with Crippen molar-refractivity contribution in [1.29, 1.82) is 0 Å². The lowest BCUT2D eigenvalue weighted by molar-refractivity contribution is -0.0495. The van der Waals surface area contributed by atoms with Crippen LogP contribution in [0.2, 0.25) is 0 Å². The van der Waals surface area contributed by atoms with Crippen LogP contribution in [0.5, 0.6) is 0 Å². The molecular formula is C14H15N3O3S. The molecule has 2 N–H and O–H groups in total. The lowest BCUT2D eigenvalue weighted by Gasteiger charge is -2.27. The molecule has 0 radical (unpaired) electrons. The fourth-order valence-corrected chi connectivity index (χ4v) is 3.84. The van der Waals surface area contributed by atoms with E-state index in [0.717, 1.165) is 6.42 Å². The Hall–Kier alpha value is -1.99. The van der Waals surface area contributed by atoms with Crippen molar-refractivity contribution in [3.05, 3.63) is 42.1 Å². The summed E-state index contributed by atoms with van der Waals surface area (Å²) in [5.41, 5.74) is 6.34. The summed E-state index contributed by atoms with van der Waals surface area (Å²) in [6.07, 6.45) is 2.86. The minimum absolute atomic E-state index is 0.0262. The maximum absolute atomic E-state index is 12.8. The molecule has 2 aromatic rings. The van der Waals surface area contributed by atoms with E-state index in [2.05, 4.69) is 10.2 Å². The van der Waals surface area contributed by atoms with Crippen LogP contribution in [0.1, 0.15) is 12.0 Å². The molecule has 1 aliphatic heterocycles. The minimum Gasteiger partial charge on any atom is -0.381 e. The first-order valence-corrected chi connectivity index (χ1v) is 8.09. The van der Waals surface area contributed by atoms with Crippen molar-refractivity contribution < 1.29 is 13.2 Å². The molecule has 7 heteroatoms. The molecule has 0 aliphatic carbocycles. The van der Waals surface area contributed by atoms with Crippen LogP contribution in [0.25, 0.3) is 0 Å². The second-order valence-electron chi connectivity index (χ2n) is 4.89. The fourth-order valence-electron chi connectivity index (χ4n) is 2.29. The zero-order chi connectivity index (χ0) is 14.9. The van der Waals surface area contributed by atoms with E-state index in [9.17, 15) is 8.42 Å². The van der Waals surface area contributed by atoms with Crippen LogP contribution in [0.15, 0.2) is 46.3 Å². The van der Waals surface area contributed by atoms with Gasteiger partial charge in [0.1, 0.15) is 4.90 Å². The standard InChI is InChI=1S/C14H15N3O3S/c15-14-13(21(18,19)12-4-2-1-3-5-12)10(9-16-17-14)8-11-6-7-20-11/h1-5,9,11H,6-8H2,(H2,15,17). The van der Waals surface area contributed by atoms with E-state index in [1.54, 1.807) is 30.3 Å².